The van der Waals surface area contributed by atoms with Crippen LogP contribution in [-0.2, 0) is 0 Å². The maximum absolute atomic E-state index is 4.47. The first-order chi connectivity index (χ1) is 10.3. The third-order valence-corrected chi connectivity index (χ3v) is 3.43. The Kier molecular flexibility index (Phi) is 5.52. The quantitative estimate of drug-likeness (QED) is 0.637. The average molecular weight is 341 g/mol. The average Bonchev–Trinajstić information content (AvgIpc) is 2.53. The zero-order valence-electron chi connectivity index (χ0n) is 11.9. The Balaban J connectivity index is 2.51. The standard InChI is InChI=1S/C18H17BrN2/c1-3-14-20-18(4-2)21(16-8-6-5-7-9-16)17-12-10-15(19)11-13-17/h3-14H,1H2,2H3/b18-4+,20-14-. The van der Waals surface area contributed by atoms with Crippen molar-refractivity contribution in [1.29, 1.82) is 0 Å². The zero-order chi connectivity index (χ0) is 15.1. The van der Waals surface area contributed by atoms with Crippen molar-refractivity contribution in [3.63, 3.8) is 0 Å². The van der Waals surface area contributed by atoms with Gasteiger partial charge < -0.3 is 0 Å². The Morgan fingerprint density at radius 1 is 1.05 bits per heavy atom. The van der Waals surface area contributed by atoms with Crippen molar-refractivity contribution >= 4 is 33.5 Å². The van der Waals surface area contributed by atoms with Crippen molar-refractivity contribution in [3.05, 3.63) is 83.6 Å². The molecule has 0 spiro atoms. The Morgan fingerprint density at radius 2 is 1.67 bits per heavy atom. The first-order valence-electron chi connectivity index (χ1n) is 6.68. The van der Waals surface area contributed by atoms with Gasteiger partial charge in [0, 0.05) is 22.1 Å². The van der Waals surface area contributed by atoms with Gasteiger partial charge in [0.25, 0.3) is 0 Å². The zero-order valence-corrected chi connectivity index (χ0v) is 13.5. The Bertz CT molecular complexity index is 643. The highest BCUT2D eigenvalue weighted by molar-refractivity contribution is 9.10. The third-order valence-electron chi connectivity index (χ3n) is 2.90. The predicted molar refractivity (Wildman–Crippen MR) is 95.2 cm³/mol. The number of hydrogen-bond acceptors (Lipinski definition) is 2. The molecular formula is C18H17BrN2. The summed E-state index contributed by atoms with van der Waals surface area (Å²) < 4.78 is 1.05. The molecule has 2 nitrogen and oxygen atoms in total. The Labute approximate surface area is 134 Å². The summed E-state index contributed by atoms with van der Waals surface area (Å²) in [6.07, 6.45) is 5.35. The van der Waals surface area contributed by atoms with E-state index in [9.17, 15) is 0 Å². The lowest BCUT2D eigenvalue weighted by atomic mass is 10.2. The summed E-state index contributed by atoms with van der Waals surface area (Å²) in [4.78, 5) is 6.57. The largest absolute Gasteiger partial charge is 0.295 e. The maximum Gasteiger partial charge on any atom is 0.133 e. The highest BCUT2D eigenvalue weighted by atomic mass is 79.9. The lowest BCUT2D eigenvalue weighted by Crippen LogP contribution is -2.15. The molecule has 0 aliphatic heterocycles. The van der Waals surface area contributed by atoms with E-state index in [-0.39, 0.29) is 0 Å². The van der Waals surface area contributed by atoms with Crippen molar-refractivity contribution in [2.24, 2.45) is 4.99 Å². The van der Waals surface area contributed by atoms with E-state index in [2.05, 4.69) is 56.7 Å². The van der Waals surface area contributed by atoms with Crippen molar-refractivity contribution in [2.45, 2.75) is 6.92 Å². The van der Waals surface area contributed by atoms with Crippen LogP contribution in [0.15, 0.2) is 88.6 Å². The molecule has 0 saturated carbocycles. The lowest BCUT2D eigenvalue weighted by molar-refractivity contribution is 1.12. The van der Waals surface area contributed by atoms with Crippen molar-refractivity contribution in [2.75, 3.05) is 4.90 Å². The summed E-state index contributed by atoms with van der Waals surface area (Å²) in [5.41, 5.74) is 2.12. The number of aliphatic imine (C=N–C) groups is 1. The van der Waals surface area contributed by atoms with Crippen LogP contribution in [0.4, 0.5) is 11.4 Å². The van der Waals surface area contributed by atoms with Gasteiger partial charge in [-0.05, 0) is 49.4 Å². The van der Waals surface area contributed by atoms with Gasteiger partial charge in [0.15, 0.2) is 0 Å². The number of hydrogen-bond donors (Lipinski definition) is 0. The van der Waals surface area contributed by atoms with Gasteiger partial charge in [-0.15, -0.1) is 0 Å². The van der Waals surface area contributed by atoms with Crippen molar-refractivity contribution in [1.82, 2.24) is 0 Å². The van der Waals surface area contributed by atoms with Crippen molar-refractivity contribution < 1.29 is 0 Å². The van der Waals surface area contributed by atoms with Gasteiger partial charge in [-0.1, -0.05) is 46.8 Å². The minimum atomic E-state index is 0.850. The molecule has 2 rings (SSSR count). The summed E-state index contributed by atoms with van der Waals surface area (Å²) in [5.74, 6) is 0.850. The van der Waals surface area contributed by atoms with Gasteiger partial charge in [-0.2, -0.15) is 0 Å². The molecule has 0 amide bonds. The van der Waals surface area contributed by atoms with Crippen molar-refractivity contribution in [3.8, 4) is 0 Å². The minimum absolute atomic E-state index is 0.850. The fraction of sp³-hybridized carbons (Fsp3) is 0.0556. The smallest absolute Gasteiger partial charge is 0.133 e. The van der Waals surface area contributed by atoms with Crippen LogP contribution in [0, 0.1) is 0 Å². The second-order valence-electron chi connectivity index (χ2n) is 4.31. The summed E-state index contributed by atoms with van der Waals surface area (Å²) in [7, 11) is 0. The molecule has 0 N–H and O–H groups in total. The second-order valence-corrected chi connectivity index (χ2v) is 5.22. The number of rotatable bonds is 5. The Hall–Kier alpha value is -2.13. The topological polar surface area (TPSA) is 15.6 Å². The van der Waals surface area contributed by atoms with E-state index in [0.29, 0.717) is 0 Å². The molecule has 2 aromatic rings. The Morgan fingerprint density at radius 3 is 2.24 bits per heavy atom. The van der Waals surface area contributed by atoms with Crippen LogP contribution in [-0.4, -0.2) is 6.21 Å². The molecule has 0 unspecified atom stereocenters. The number of nitrogens with zero attached hydrogens (tertiary/aromatic N) is 2. The molecule has 0 radical (unpaired) electrons. The fourth-order valence-corrected chi connectivity index (χ4v) is 2.24. The van der Waals surface area contributed by atoms with E-state index in [1.807, 2.05) is 43.3 Å². The molecular weight excluding hydrogens is 324 g/mol. The SMILES string of the molecule is C=C/C=N\C(=C/C)N(c1ccccc1)c1ccc(Br)cc1. The molecule has 3 heteroatoms. The molecule has 0 saturated heterocycles. The second kappa shape index (κ2) is 7.60. The number of allylic oxidation sites excluding steroid dienone is 2. The van der Waals surface area contributed by atoms with E-state index in [1.165, 1.54) is 0 Å². The van der Waals surface area contributed by atoms with E-state index in [0.717, 1.165) is 21.7 Å². The van der Waals surface area contributed by atoms with E-state index >= 15 is 0 Å². The molecule has 0 heterocycles. The van der Waals surface area contributed by atoms with Gasteiger partial charge in [0.1, 0.15) is 5.82 Å². The molecule has 106 valence electrons. The van der Waals surface area contributed by atoms with Crippen LogP contribution in [0.5, 0.6) is 0 Å². The van der Waals surface area contributed by atoms with Gasteiger partial charge in [-0.25, -0.2) is 4.99 Å². The minimum Gasteiger partial charge on any atom is -0.295 e. The molecule has 0 aliphatic carbocycles. The summed E-state index contributed by atoms with van der Waals surface area (Å²) in [5, 5.41) is 0. The highest BCUT2D eigenvalue weighted by Crippen LogP contribution is 2.31. The monoisotopic (exact) mass is 340 g/mol. The molecule has 0 atom stereocenters. The molecule has 0 bridgehead atoms. The van der Waals surface area contributed by atoms with Gasteiger partial charge in [0.05, 0.1) is 0 Å². The van der Waals surface area contributed by atoms with E-state index < -0.39 is 0 Å². The number of para-hydroxylation sites is 1. The third kappa shape index (κ3) is 3.92. The van der Waals surface area contributed by atoms with Gasteiger partial charge in [0.2, 0.25) is 0 Å². The van der Waals surface area contributed by atoms with Gasteiger partial charge >= 0.3 is 0 Å². The molecule has 0 aliphatic rings. The van der Waals surface area contributed by atoms with Crippen LogP contribution in [0.2, 0.25) is 0 Å². The first-order valence-corrected chi connectivity index (χ1v) is 7.47. The normalized spacial score (nSPS) is 11.6. The van der Waals surface area contributed by atoms with E-state index in [1.54, 1.807) is 12.3 Å². The summed E-state index contributed by atoms with van der Waals surface area (Å²) in [6.45, 7) is 5.66. The lowest BCUT2D eigenvalue weighted by Gasteiger charge is -2.25. The first kappa shape index (κ1) is 15.3. The van der Waals surface area contributed by atoms with Crippen LogP contribution in [0.3, 0.4) is 0 Å². The van der Waals surface area contributed by atoms with Crippen LogP contribution in [0.25, 0.3) is 0 Å². The summed E-state index contributed by atoms with van der Waals surface area (Å²) >= 11 is 3.47. The number of anilines is 2. The highest BCUT2D eigenvalue weighted by Gasteiger charge is 2.12. The molecule has 2 aromatic carbocycles. The maximum atomic E-state index is 4.47. The van der Waals surface area contributed by atoms with Gasteiger partial charge in [-0.3, -0.25) is 4.90 Å². The van der Waals surface area contributed by atoms with Crippen LogP contribution in [0.1, 0.15) is 6.92 Å². The van der Waals surface area contributed by atoms with E-state index in [4.69, 9.17) is 0 Å². The van der Waals surface area contributed by atoms with Crippen LogP contribution >= 0.6 is 15.9 Å². The fourth-order valence-electron chi connectivity index (χ4n) is 1.97. The number of benzene rings is 2. The van der Waals surface area contributed by atoms with Crippen LogP contribution < -0.4 is 4.90 Å². The number of halogens is 1. The predicted octanol–water partition coefficient (Wildman–Crippen LogP) is 5.71. The summed E-state index contributed by atoms with van der Waals surface area (Å²) in [6, 6.07) is 18.3. The molecule has 0 fully saturated rings. The molecule has 0 aromatic heterocycles. The molecule has 21 heavy (non-hydrogen) atoms.